The molecule has 0 spiro atoms. The number of nitrogens with zero attached hydrogens (tertiary/aromatic N) is 3. The van der Waals surface area contributed by atoms with Crippen molar-refractivity contribution in [3.05, 3.63) is 120 Å². The predicted octanol–water partition coefficient (Wildman–Crippen LogP) is 14.1. The highest BCUT2D eigenvalue weighted by Gasteiger charge is 2.20. The maximum Gasteiger partial charge on any atom is 0.129 e. The standard InChI is InChI=1S/C11H16BrN.C11H15F.C10H14BrN.C10H14FN.CH4/c1-7-6-8(2)10(12)13-9(7)11(3,4)5;1-8-6-5-7-9(10(8)12)11(2,3)4;1-7-5-8(10(2,3)4)12-9(11)6-7;1-7-5-8(11)6-9(12-7)10(2,3)4;/h6H,1-5H3;5-7H,1-4H3;2*5-6H,1-4H3;1H4. The molecule has 50 heavy (non-hydrogen) atoms. The molecular weight excluding hydrogens is 756 g/mol. The zero-order chi connectivity index (χ0) is 38.3. The normalized spacial score (nSPS) is 11.5. The summed E-state index contributed by atoms with van der Waals surface area (Å²) in [7, 11) is 0. The molecule has 0 radical (unpaired) electrons. The lowest BCUT2D eigenvalue weighted by molar-refractivity contribution is 0.518. The van der Waals surface area contributed by atoms with E-state index in [0.717, 1.165) is 37.4 Å². The first-order valence-corrected chi connectivity index (χ1v) is 18.3. The van der Waals surface area contributed by atoms with Gasteiger partial charge in [-0.25, -0.2) is 18.7 Å². The van der Waals surface area contributed by atoms with E-state index < -0.39 is 0 Å². The lowest BCUT2D eigenvalue weighted by Gasteiger charge is -2.21. The minimum atomic E-state index is -0.201. The summed E-state index contributed by atoms with van der Waals surface area (Å²) in [4.78, 5) is 13.2. The number of hydrogen-bond acceptors (Lipinski definition) is 3. The van der Waals surface area contributed by atoms with Crippen LogP contribution in [0.2, 0.25) is 0 Å². The van der Waals surface area contributed by atoms with Gasteiger partial charge >= 0.3 is 0 Å². The Kier molecular flexibility index (Phi) is 17.9. The molecule has 7 heteroatoms. The summed E-state index contributed by atoms with van der Waals surface area (Å²) in [5.41, 5.74) is 9.17. The number of aromatic nitrogens is 3. The van der Waals surface area contributed by atoms with Crippen LogP contribution < -0.4 is 0 Å². The van der Waals surface area contributed by atoms with Gasteiger partial charge in [0.2, 0.25) is 0 Å². The van der Waals surface area contributed by atoms with Crippen molar-refractivity contribution in [1.82, 2.24) is 15.0 Å². The summed E-state index contributed by atoms with van der Waals surface area (Å²) in [6, 6.07) is 14.8. The predicted molar refractivity (Wildman–Crippen MR) is 220 cm³/mol. The maximum atomic E-state index is 13.5. The zero-order valence-electron chi connectivity index (χ0n) is 33.0. The third kappa shape index (κ3) is 15.8. The van der Waals surface area contributed by atoms with Gasteiger partial charge in [0.25, 0.3) is 0 Å². The number of benzene rings is 1. The van der Waals surface area contributed by atoms with Gasteiger partial charge in [-0.2, -0.15) is 0 Å². The number of aryl methyl sites for hydroxylation is 5. The average molecular weight is 820 g/mol. The molecule has 0 aliphatic heterocycles. The maximum absolute atomic E-state index is 13.5. The summed E-state index contributed by atoms with van der Waals surface area (Å²) in [5.74, 6) is -0.266. The van der Waals surface area contributed by atoms with E-state index in [1.54, 1.807) is 19.9 Å². The Labute approximate surface area is 320 Å². The molecule has 0 aliphatic carbocycles. The molecule has 4 rings (SSSR count). The Morgan fingerprint density at radius 3 is 1.48 bits per heavy atom. The van der Waals surface area contributed by atoms with E-state index in [-0.39, 0.29) is 40.7 Å². The molecular formula is C43H63Br2F2N3. The highest BCUT2D eigenvalue weighted by molar-refractivity contribution is 9.10. The molecule has 0 atom stereocenters. The van der Waals surface area contributed by atoms with E-state index in [2.05, 4.69) is 121 Å². The molecule has 0 amide bonds. The lowest BCUT2D eigenvalue weighted by Crippen LogP contribution is -2.16. The molecule has 0 unspecified atom stereocenters. The molecule has 3 aromatic heterocycles. The molecule has 4 aromatic rings. The molecule has 0 N–H and O–H groups in total. The summed E-state index contributed by atoms with van der Waals surface area (Å²) in [6.07, 6.45) is 0. The van der Waals surface area contributed by atoms with Crippen LogP contribution in [0.4, 0.5) is 8.78 Å². The van der Waals surface area contributed by atoms with Gasteiger partial charge in [-0.1, -0.05) is 115 Å². The Bertz CT molecular complexity index is 1590. The monoisotopic (exact) mass is 817 g/mol. The highest BCUT2D eigenvalue weighted by atomic mass is 79.9. The van der Waals surface area contributed by atoms with Crippen LogP contribution in [0.15, 0.2) is 57.7 Å². The lowest BCUT2D eigenvalue weighted by atomic mass is 9.86. The van der Waals surface area contributed by atoms with Crippen molar-refractivity contribution in [2.24, 2.45) is 0 Å². The Morgan fingerprint density at radius 1 is 0.540 bits per heavy atom. The van der Waals surface area contributed by atoms with Crippen LogP contribution in [-0.4, -0.2) is 15.0 Å². The third-order valence-electron chi connectivity index (χ3n) is 7.45. The van der Waals surface area contributed by atoms with E-state index in [1.807, 2.05) is 59.7 Å². The average Bonchev–Trinajstić information content (AvgIpc) is 2.90. The first-order chi connectivity index (χ1) is 22.0. The Morgan fingerprint density at radius 2 is 1.06 bits per heavy atom. The Hall–Kier alpha value is -2.51. The fourth-order valence-electron chi connectivity index (χ4n) is 4.73. The van der Waals surface area contributed by atoms with Crippen molar-refractivity contribution in [3.8, 4) is 0 Å². The topological polar surface area (TPSA) is 38.7 Å². The van der Waals surface area contributed by atoms with Crippen LogP contribution in [0.25, 0.3) is 0 Å². The first-order valence-electron chi connectivity index (χ1n) is 16.7. The summed E-state index contributed by atoms with van der Waals surface area (Å²) < 4.78 is 28.3. The highest BCUT2D eigenvalue weighted by Crippen LogP contribution is 2.28. The third-order valence-corrected chi connectivity index (χ3v) is 8.65. The molecule has 0 bridgehead atoms. The van der Waals surface area contributed by atoms with Crippen LogP contribution in [-0.2, 0) is 21.7 Å². The minimum Gasteiger partial charge on any atom is -0.257 e. The quantitative estimate of drug-likeness (QED) is 0.166. The summed E-state index contributed by atoms with van der Waals surface area (Å²) in [6.45, 7) is 35.0. The molecule has 0 saturated heterocycles. The minimum absolute atomic E-state index is 0. The molecule has 3 nitrogen and oxygen atoms in total. The largest absolute Gasteiger partial charge is 0.257 e. The van der Waals surface area contributed by atoms with Crippen LogP contribution in [0.3, 0.4) is 0 Å². The smallest absolute Gasteiger partial charge is 0.129 e. The van der Waals surface area contributed by atoms with Crippen molar-refractivity contribution in [3.63, 3.8) is 0 Å². The van der Waals surface area contributed by atoms with Gasteiger partial charge in [0.05, 0.1) is 0 Å². The van der Waals surface area contributed by atoms with E-state index in [4.69, 9.17) is 0 Å². The van der Waals surface area contributed by atoms with Crippen molar-refractivity contribution in [1.29, 1.82) is 0 Å². The summed E-state index contributed by atoms with van der Waals surface area (Å²) in [5, 5.41) is 0. The van der Waals surface area contributed by atoms with E-state index in [1.165, 1.54) is 34.5 Å². The summed E-state index contributed by atoms with van der Waals surface area (Å²) >= 11 is 6.86. The van der Waals surface area contributed by atoms with Crippen molar-refractivity contribution < 1.29 is 8.78 Å². The van der Waals surface area contributed by atoms with Gasteiger partial charge < -0.3 is 0 Å². The van der Waals surface area contributed by atoms with Crippen LogP contribution in [0.5, 0.6) is 0 Å². The number of pyridine rings is 3. The first kappa shape index (κ1) is 47.5. The molecule has 0 aliphatic rings. The van der Waals surface area contributed by atoms with Gasteiger partial charge in [-0.3, -0.25) is 4.98 Å². The van der Waals surface area contributed by atoms with Gasteiger partial charge in [0, 0.05) is 39.0 Å². The van der Waals surface area contributed by atoms with E-state index in [9.17, 15) is 8.78 Å². The fourth-order valence-corrected chi connectivity index (χ4v) is 5.58. The fraction of sp³-hybridized carbons (Fsp3) is 0.512. The number of rotatable bonds is 0. The van der Waals surface area contributed by atoms with Crippen LogP contribution >= 0.6 is 31.9 Å². The van der Waals surface area contributed by atoms with Gasteiger partial charge in [0.15, 0.2) is 0 Å². The second kappa shape index (κ2) is 18.8. The van der Waals surface area contributed by atoms with Gasteiger partial charge in [0.1, 0.15) is 20.8 Å². The van der Waals surface area contributed by atoms with Gasteiger partial charge in [-0.05, 0) is 124 Å². The van der Waals surface area contributed by atoms with Gasteiger partial charge in [-0.15, -0.1) is 0 Å². The Balaban J connectivity index is 0.000000636. The van der Waals surface area contributed by atoms with Crippen LogP contribution in [0.1, 0.15) is 141 Å². The molecule has 3 heterocycles. The van der Waals surface area contributed by atoms with E-state index in [0.29, 0.717) is 0 Å². The van der Waals surface area contributed by atoms with Crippen molar-refractivity contribution >= 4 is 31.9 Å². The SMILES string of the molecule is C.Cc1cc(Br)nc(C(C)(C)C)c1.Cc1cc(C)c(C(C)(C)C)nc1Br.Cc1cc(F)cc(C(C)(C)C)n1.Cc1cccc(C(C)(C)C)c1F. The van der Waals surface area contributed by atoms with E-state index >= 15 is 0 Å². The molecule has 0 fully saturated rings. The number of halogens is 4. The van der Waals surface area contributed by atoms with Crippen molar-refractivity contribution in [2.45, 2.75) is 147 Å². The van der Waals surface area contributed by atoms with Crippen molar-refractivity contribution in [2.75, 3.05) is 0 Å². The second-order valence-corrected chi connectivity index (χ2v) is 18.4. The molecule has 278 valence electrons. The zero-order valence-corrected chi connectivity index (χ0v) is 36.1. The van der Waals surface area contributed by atoms with Crippen LogP contribution in [0, 0.1) is 46.3 Å². The number of hydrogen-bond donors (Lipinski definition) is 0. The second-order valence-electron chi connectivity index (χ2n) is 16.9. The molecule has 1 aromatic carbocycles. The molecule has 0 saturated carbocycles.